The Bertz CT molecular complexity index is 456. The van der Waals surface area contributed by atoms with Crippen molar-refractivity contribution in [1.29, 1.82) is 0 Å². The molecule has 0 aromatic heterocycles. The summed E-state index contributed by atoms with van der Waals surface area (Å²) >= 11 is 3.48. The van der Waals surface area contributed by atoms with Crippen molar-refractivity contribution in [3.05, 3.63) is 41.4 Å². The molecule has 0 saturated carbocycles. The molecule has 2 rings (SSSR count). The van der Waals surface area contributed by atoms with Gasteiger partial charge < -0.3 is 15.1 Å². The van der Waals surface area contributed by atoms with E-state index in [9.17, 15) is 4.79 Å². The second-order valence-electron chi connectivity index (χ2n) is 4.43. The Kier molecular flexibility index (Phi) is 4.85. The summed E-state index contributed by atoms with van der Waals surface area (Å²) < 4.78 is 1.08. The summed E-state index contributed by atoms with van der Waals surface area (Å²) in [5.41, 5.74) is 1.19. The zero-order valence-electron chi connectivity index (χ0n) is 10.8. The van der Waals surface area contributed by atoms with Crippen molar-refractivity contribution in [3.63, 3.8) is 0 Å². The van der Waals surface area contributed by atoms with Crippen LogP contribution in [0.3, 0.4) is 0 Å². The van der Waals surface area contributed by atoms with Crippen LogP contribution in [-0.2, 0) is 0 Å². The Morgan fingerprint density at radius 1 is 1.37 bits per heavy atom. The molecule has 1 aromatic rings. The average Bonchev–Trinajstić information content (AvgIpc) is 2.45. The molecule has 1 aliphatic heterocycles. The van der Waals surface area contributed by atoms with Crippen molar-refractivity contribution in [2.24, 2.45) is 0 Å². The van der Waals surface area contributed by atoms with Crippen LogP contribution in [0.2, 0.25) is 0 Å². The minimum Gasteiger partial charge on any atom is -0.368 e. The van der Waals surface area contributed by atoms with Crippen LogP contribution in [0.15, 0.2) is 41.4 Å². The molecule has 4 nitrogen and oxygen atoms in total. The van der Waals surface area contributed by atoms with Gasteiger partial charge in [0, 0.05) is 42.9 Å². The summed E-state index contributed by atoms with van der Waals surface area (Å²) in [5, 5.41) is 2.81. The maximum atomic E-state index is 11.8. The van der Waals surface area contributed by atoms with Crippen LogP contribution in [0.1, 0.15) is 0 Å². The molecular formula is C14H18BrN3O. The highest BCUT2D eigenvalue weighted by atomic mass is 79.9. The fourth-order valence-electron chi connectivity index (χ4n) is 2.11. The zero-order valence-corrected chi connectivity index (χ0v) is 12.4. The van der Waals surface area contributed by atoms with E-state index in [2.05, 4.69) is 44.9 Å². The quantitative estimate of drug-likeness (QED) is 0.867. The number of amides is 2. The SMILES string of the molecule is C=CCNC(=O)N1CCN(c2cccc(Br)c2)CC1. The van der Waals surface area contributed by atoms with Gasteiger partial charge in [0.2, 0.25) is 0 Å². The highest BCUT2D eigenvalue weighted by Gasteiger charge is 2.20. The number of hydrogen-bond donors (Lipinski definition) is 1. The Labute approximate surface area is 122 Å². The van der Waals surface area contributed by atoms with Crippen LogP contribution < -0.4 is 10.2 Å². The van der Waals surface area contributed by atoms with E-state index >= 15 is 0 Å². The fourth-order valence-corrected chi connectivity index (χ4v) is 2.50. The van der Waals surface area contributed by atoms with Gasteiger partial charge >= 0.3 is 6.03 Å². The van der Waals surface area contributed by atoms with Crippen molar-refractivity contribution in [3.8, 4) is 0 Å². The van der Waals surface area contributed by atoms with Crippen LogP contribution in [0.5, 0.6) is 0 Å². The lowest BCUT2D eigenvalue weighted by Gasteiger charge is -2.36. The molecule has 1 heterocycles. The molecule has 1 fully saturated rings. The Balaban J connectivity index is 1.88. The summed E-state index contributed by atoms with van der Waals surface area (Å²) in [4.78, 5) is 15.9. The molecule has 1 saturated heterocycles. The molecule has 102 valence electrons. The number of halogens is 1. The number of anilines is 1. The van der Waals surface area contributed by atoms with E-state index in [1.165, 1.54) is 5.69 Å². The van der Waals surface area contributed by atoms with E-state index < -0.39 is 0 Å². The van der Waals surface area contributed by atoms with Crippen molar-refractivity contribution in [2.45, 2.75) is 0 Å². The second-order valence-corrected chi connectivity index (χ2v) is 5.34. The van der Waals surface area contributed by atoms with Gasteiger partial charge in [0.05, 0.1) is 0 Å². The highest BCUT2D eigenvalue weighted by Crippen LogP contribution is 2.21. The van der Waals surface area contributed by atoms with Gasteiger partial charge in [0.25, 0.3) is 0 Å². The molecule has 2 amide bonds. The maximum absolute atomic E-state index is 11.8. The number of piperazine rings is 1. The van der Waals surface area contributed by atoms with Gasteiger partial charge in [-0.25, -0.2) is 4.79 Å². The Morgan fingerprint density at radius 2 is 2.11 bits per heavy atom. The molecular weight excluding hydrogens is 306 g/mol. The van der Waals surface area contributed by atoms with E-state index in [0.29, 0.717) is 6.54 Å². The average molecular weight is 324 g/mol. The van der Waals surface area contributed by atoms with Gasteiger partial charge in [-0.1, -0.05) is 28.1 Å². The molecule has 0 spiro atoms. The first-order chi connectivity index (χ1) is 9.20. The maximum Gasteiger partial charge on any atom is 0.317 e. The summed E-state index contributed by atoms with van der Waals surface area (Å²) in [5.74, 6) is 0. The summed E-state index contributed by atoms with van der Waals surface area (Å²) in [6.45, 7) is 7.32. The molecule has 0 radical (unpaired) electrons. The summed E-state index contributed by atoms with van der Waals surface area (Å²) in [6, 6.07) is 8.24. The molecule has 5 heteroatoms. The van der Waals surface area contributed by atoms with Gasteiger partial charge in [-0.05, 0) is 18.2 Å². The van der Waals surface area contributed by atoms with Gasteiger partial charge in [0.1, 0.15) is 0 Å². The Morgan fingerprint density at radius 3 is 2.74 bits per heavy atom. The number of urea groups is 1. The number of nitrogens with one attached hydrogen (secondary N) is 1. The molecule has 1 N–H and O–H groups in total. The van der Waals surface area contributed by atoms with E-state index in [0.717, 1.165) is 30.7 Å². The predicted molar refractivity (Wildman–Crippen MR) is 81.5 cm³/mol. The molecule has 1 aliphatic rings. The van der Waals surface area contributed by atoms with Crippen LogP contribution >= 0.6 is 15.9 Å². The number of carbonyl (C=O) groups is 1. The van der Waals surface area contributed by atoms with Crippen molar-refractivity contribution < 1.29 is 4.79 Å². The summed E-state index contributed by atoms with van der Waals surface area (Å²) in [7, 11) is 0. The van der Waals surface area contributed by atoms with Crippen LogP contribution in [-0.4, -0.2) is 43.7 Å². The third-order valence-corrected chi connectivity index (χ3v) is 3.63. The first-order valence-corrected chi connectivity index (χ1v) is 7.14. The highest BCUT2D eigenvalue weighted by molar-refractivity contribution is 9.10. The molecule has 19 heavy (non-hydrogen) atoms. The number of hydrogen-bond acceptors (Lipinski definition) is 2. The van der Waals surface area contributed by atoms with Crippen molar-refractivity contribution in [2.75, 3.05) is 37.6 Å². The summed E-state index contributed by atoms with van der Waals surface area (Å²) in [6.07, 6.45) is 1.69. The van der Waals surface area contributed by atoms with E-state index in [4.69, 9.17) is 0 Å². The van der Waals surface area contributed by atoms with E-state index in [1.807, 2.05) is 17.0 Å². The Hall–Kier alpha value is -1.49. The molecule has 0 aliphatic carbocycles. The number of benzene rings is 1. The molecule has 0 atom stereocenters. The second kappa shape index (κ2) is 6.61. The minimum atomic E-state index is -0.00575. The van der Waals surface area contributed by atoms with Crippen LogP contribution in [0.4, 0.5) is 10.5 Å². The van der Waals surface area contributed by atoms with Crippen LogP contribution in [0.25, 0.3) is 0 Å². The normalized spacial score (nSPS) is 15.2. The zero-order chi connectivity index (χ0) is 13.7. The number of nitrogens with zero attached hydrogens (tertiary/aromatic N) is 2. The topological polar surface area (TPSA) is 35.6 Å². The van der Waals surface area contributed by atoms with Crippen molar-refractivity contribution in [1.82, 2.24) is 10.2 Å². The van der Waals surface area contributed by atoms with Gasteiger partial charge in [-0.15, -0.1) is 6.58 Å². The van der Waals surface area contributed by atoms with E-state index in [-0.39, 0.29) is 6.03 Å². The lowest BCUT2D eigenvalue weighted by atomic mass is 10.2. The fraction of sp³-hybridized carbons (Fsp3) is 0.357. The van der Waals surface area contributed by atoms with Gasteiger partial charge in [0.15, 0.2) is 0 Å². The molecule has 1 aromatic carbocycles. The van der Waals surface area contributed by atoms with Gasteiger partial charge in [-0.2, -0.15) is 0 Å². The predicted octanol–water partition coefficient (Wildman–Crippen LogP) is 2.47. The third-order valence-electron chi connectivity index (χ3n) is 3.14. The van der Waals surface area contributed by atoms with Crippen molar-refractivity contribution >= 4 is 27.6 Å². The lowest BCUT2D eigenvalue weighted by Crippen LogP contribution is -2.51. The number of rotatable bonds is 3. The lowest BCUT2D eigenvalue weighted by molar-refractivity contribution is 0.195. The smallest absolute Gasteiger partial charge is 0.317 e. The molecule has 0 unspecified atom stereocenters. The third kappa shape index (κ3) is 3.73. The largest absolute Gasteiger partial charge is 0.368 e. The van der Waals surface area contributed by atoms with Crippen LogP contribution in [0, 0.1) is 0 Å². The first-order valence-electron chi connectivity index (χ1n) is 6.35. The monoisotopic (exact) mass is 323 g/mol. The standard InChI is InChI=1S/C14H18BrN3O/c1-2-6-16-14(19)18-9-7-17(8-10-18)13-5-3-4-12(15)11-13/h2-5,11H,1,6-10H2,(H,16,19). The molecule has 0 bridgehead atoms. The van der Waals surface area contributed by atoms with Gasteiger partial charge in [-0.3, -0.25) is 0 Å². The first kappa shape index (κ1) is 13.9. The minimum absolute atomic E-state index is 0.00575. The number of carbonyl (C=O) groups excluding carboxylic acids is 1. The van der Waals surface area contributed by atoms with E-state index in [1.54, 1.807) is 6.08 Å².